The van der Waals surface area contributed by atoms with Crippen molar-refractivity contribution in [3.05, 3.63) is 51.7 Å². The Hall–Kier alpha value is -1.32. The predicted molar refractivity (Wildman–Crippen MR) is 87.8 cm³/mol. The molecule has 0 saturated carbocycles. The number of fused-ring (bicyclic) bond motifs is 1. The molecule has 0 aliphatic carbocycles. The van der Waals surface area contributed by atoms with Crippen molar-refractivity contribution < 1.29 is 0 Å². The summed E-state index contributed by atoms with van der Waals surface area (Å²) in [7, 11) is 2.04. The highest BCUT2D eigenvalue weighted by molar-refractivity contribution is 7.10. The highest BCUT2D eigenvalue weighted by atomic mass is 32.1. The molecule has 1 N–H and O–H groups in total. The van der Waals surface area contributed by atoms with Crippen LogP contribution in [0.4, 0.5) is 5.69 Å². The summed E-state index contributed by atoms with van der Waals surface area (Å²) in [4.78, 5) is 4.09. The third-order valence-corrected chi connectivity index (χ3v) is 5.20. The molecule has 0 bridgehead atoms. The van der Waals surface area contributed by atoms with Gasteiger partial charge in [0, 0.05) is 17.1 Å². The molecule has 1 atom stereocenters. The molecule has 1 aliphatic heterocycles. The summed E-state index contributed by atoms with van der Waals surface area (Å²) in [5.41, 5.74) is 4.31. The van der Waals surface area contributed by atoms with E-state index in [0.29, 0.717) is 6.04 Å². The van der Waals surface area contributed by atoms with Gasteiger partial charge in [-0.15, -0.1) is 11.3 Å². The summed E-state index contributed by atoms with van der Waals surface area (Å²) in [6, 6.07) is 11.7. The molecule has 1 aliphatic rings. The smallest absolute Gasteiger partial charge is 0.0647 e. The lowest BCUT2D eigenvalue weighted by molar-refractivity contribution is 0.576. The van der Waals surface area contributed by atoms with Gasteiger partial charge >= 0.3 is 0 Å². The van der Waals surface area contributed by atoms with Gasteiger partial charge in [-0.2, -0.15) is 0 Å². The molecule has 0 saturated heterocycles. The summed E-state index contributed by atoms with van der Waals surface area (Å²) < 4.78 is 0. The summed E-state index contributed by atoms with van der Waals surface area (Å²) in [6.07, 6.45) is 2.33. The first kappa shape index (κ1) is 13.7. The number of hydrogen-bond donors (Lipinski definition) is 1. The van der Waals surface area contributed by atoms with Crippen molar-refractivity contribution in [3.8, 4) is 0 Å². The van der Waals surface area contributed by atoms with Gasteiger partial charge in [-0.05, 0) is 62.0 Å². The van der Waals surface area contributed by atoms with Crippen LogP contribution in [0.2, 0.25) is 0 Å². The molecule has 0 amide bonds. The third kappa shape index (κ3) is 2.60. The average molecular weight is 286 g/mol. The second-order valence-electron chi connectivity index (χ2n) is 5.51. The molecule has 0 unspecified atom stereocenters. The molecular weight excluding hydrogens is 264 g/mol. The number of rotatable bonds is 5. The largest absolute Gasteiger partial charge is 0.363 e. The molecular formula is C17H22N2S. The Morgan fingerprint density at radius 1 is 1.35 bits per heavy atom. The molecule has 1 aromatic carbocycles. The van der Waals surface area contributed by atoms with Crippen LogP contribution in [0, 0.1) is 6.92 Å². The van der Waals surface area contributed by atoms with E-state index in [0.717, 1.165) is 19.5 Å². The number of nitrogens with one attached hydrogen (secondary N) is 1. The van der Waals surface area contributed by atoms with E-state index in [-0.39, 0.29) is 0 Å². The SMILES string of the molecule is CNCC[C@@H](c1cc(C)cs1)N1CCc2ccccc21. The van der Waals surface area contributed by atoms with Crippen molar-refractivity contribution in [1.29, 1.82) is 0 Å². The molecule has 2 heterocycles. The molecule has 2 aromatic rings. The van der Waals surface area contributed by atoms with E-state index < -0.39 is 0 Å². The minimum absolute atomic E-state index is 0.504. The Balaban J connectivity index is 1.90. The monoisotopic (exact) mass is 286 g/mol. The molecule has 2 nitrogen and oxygen atoms in total. The molecule has 0 spiro atoms. The van der Waals surface area contributed by atoms with Gasteiger partial charge in [0.25, 0.3) is 0 Å². The topological polar surface area (TPSA) is 15.3 Å². The van der Waals surface area contributed by atoms with Crippen LogP contribution >= 0.6 is 11.3 Å². The first-order valence-corrected chi connectivity index (χ1v) is 8.21. The highest BCUT2D eigenvalue weighted by Crippen LogP contribution is 2.38. The van der Waals surface area contributed by atoms with Crippen molar-refractivity contribution in [2.75, 3.05) is 25.0 Å². The van der Waals surface area contributed by atoms with Crippen LogP contribution in [-0.4, -0.2) is 20.1 Å². The van der Waals surface area contributed by atoms with E-state index in [1.54, 1.807) is 0 Å². The van der Waals surface area contributed by atoms with Crippen LogP contribution in [0.25, 0.3) is 0 Å². The molecule has 3 rings (SSSR count). The van der Waals surface area contributed by atoms with E-state index >= 15 is 0 Å². The molecule has 0 fully saturated rings. The number of aryl methyl sites for hydroxylation is 1. The second kappa shape index (κ2) is 5.98. The second-order valence-corrected chi connectivity index (χ2v) is 6.45. The van der Waals surface area contributed by atoms with E-state index in [4.69, 9.17) is 0 Å². The predicted octanol–water partition coefficient (Wildman–Crippen LogP) is 3.77. The van der Waals surface area contributed by atoms with Crippen molar-refractivity contribution in [2.45, 2.75) is 25.8 Å². The molecule has 1 aromatic heterocycles. The average Bonchev–Trinajstić information content (AvgIpc) is 3.07. The Labute approximate surface area is 125 Å². The van der Waals surface area contributed by atoms with E-state index in [9.17, 15) is 0 Å². The van der Waals surface area contributed by atoms with Crippen LogP contribution in [0.5, 0.6) is 0 Å². The van der Waals surface area contributed by atoms with Crippen molar-refractivity contribution in [2.24, 2.45) is 0 Å². The Morgan fingerprint density at radius 3 is 2.95 bits per heavy atom. The van der Waals surface area contributed by atoms with E-state index in [1.165, 1.54) is 28.1 Å². The van der Waals surface area contributed by atoms with Crippen molar-refractivity contribution in [3.63, 3.8) is 0 Å². The lowest BCUT2D eigenvalue weighted by Gasteiger charge is -2.30. The standard InChI is InChI=1S/C17H22N2S/c1-13-11-17(20-12-13)16(7-9-18-2)19-10-8-14-5-3-4-6-15(14)19/h3-6,11-12,16,18H,7-10H2,1-2H3/t16-/m0/s1. The summed E-state index contributed by atoms with van der Waals surface area (Å²) >= 11 is 1.90. The van der Waals surface area contributed by atoms with Gasteiger partial charge in [-0.25, -0.2) is 0 Å². The third-order valence-electron chi connectivity index (χ3n) is 4.05. The van der Waals surface area contributed by atoms with Crippen LogP contribution < -0.4 is 10.2 Å². The van der Waals surface area contributed by atoms with Gasteiger partial charge in [-0.1, -0.05) is 18.2 Å². The first-order chi connectivity index (χ1) is 9.79. The maximum atomic E-state index is 3.30. The lowest BCUT2D eigenvalue weighted by Crippen LogP contribution is -2.28. The number of anilines is 1. The normalized spacial score (nSPS) is 15.4. The van der Waals surface area contributed by atoms with Crippen LogP contribution in [0.15, 0.2) is 35.7 Å². The Morgan fingerprint density at radius 2 is 2.20 bits per heavy atom. The highest BCUT2D eigenvalue weighted by Gasteiger charge is 2.27. The minimum Gasteiger partial charge on any atom is -0.363 e. The van der Waals surface area contributed by atoms with Crippen LogP contribution in [0.3, 0.4) is 0 Å². The van der Waals surface area contributed by atoms with Gasteiger partial charge in [0.2, 0.25) is 0 Å². The van der Waals surface area contributed by atoms with Gasteiger partial charge in [0.05, 0.1) is 6.04 Å². The van der Waals surface area contributed by atoms with E-state index in [1.807, 2.05) is 18.4 Å². The number of thiophene rings is 1. The van der Waals surface area contributed by atoms with Crippen LogP contribution in [-0.2, 0) is 6.42 Å². The first-order valence-electron chi connectivity index (χ1n) is 7.34. The van der Waals surface area contributed by atoms with Crippen molar-refractivity contribution in [1.82, 2.24) is 5.32 Å². The van der Waals surface area contributed by atoms with Gasteiger partial charge in [0.15, 0.2) is 0 Å². The fourth-order valence-electron chi connectivity index (χ4n) is 3.05. The zero-order valence-electron chi connectivity index (χ0n) is 12.2. The molecule has 3 heteroatoms. The summed E-state index contributed by atoms with van der Waals surface area (Å²) in [6.45, 7) is 4.39. The quantitative estimate of drug-likeness (QED) is 0.900. The van der Waals surface area contributed by atoms with Gasteiger partial charge < -0.3 is 10.2 Å². The number of nitrogens with zero attached hydrogens (tertiary/aromatic N) is 1. The lowest BCUT2D eigenvalue weighted by atomic mass is 10.1. The van der Waals surface area contributed by atoms with Crippen LogP contribution in [0.1, 0.15) is 28.5 Å². The maximum absolute atomic E-state index is 3.30. The molecule has 20 heavy (non-hydrogen) atoms. The zero-order valence-corrected chi connectivity index (χ0v) is 13.0. The number of hydrogen-bond acceptors (Lipinski definition) is 3. The zero-order chi connectivity index (χ0) is 13.9. The fraction of sp³-hybridized carbons (Fsp3) is 0.412. The van der Waals surface area contributed by atoms with Gasteiger partial charge in [-0.3, -0.25) is 0 Å². The molecule has 106 valence electrons. The summed E-state index contributed by atoms with van der Waals surface area (Å²) in [5.74, 6) is 0. The van der Waals surface area contributed by atoms with E-state index in [2.05, 4.69) is 52.9 Å². The van der Waals surface area contributed by atoms with Crippen molar-refractivity contribution >= 4 is 17.0 Å². The Bertz CT molecular complexity index is 576. The fourth-order valence-corrected chi connectivity index (χ4v) is 4.09. The van der Waals surface area contributed by atoms with Gasteiger partial charge in [0.1, 0.15) is 0 Å². The minimum atomic E-state index is 0.504. The Kier molecular flexibility index (Phi) is 4.08. The number of benzene rings is 1. The maximum Gasteiger partial charge on any atom is 0.0647 e. The molecule has 0 radical (unpaired) electrons. The summed E-state index contributed by atoms with van der Waals surface area (Å²) in [5, 5.41) is 5.57. The number of para-hydroxylation sites is 1.